The number of anilines is 1. The van der Waals surface area contributed by atoms with E-state index in [2.05, 4.69) is 17.0 Å². The van der Waals surface area contributed by atoms with Gasteiger partial charge in [-0.3, -0.25) is 0 Å². The molecule has 3 rings (SSSR count). The third-order valence-electron chi connectivity index (χ3n) is 3.10. The van der Waals surface area contributed by atoms with Crippen molar-refractivity contribution >= 4 is 17.6 Å². The maximum Gasteiger partial charge on any atom is 0.128 e. The minimum absolute atomic E-state index is 0.328. The predicted octanol–water partition coefficient (Wildman–Crippen LogP) is 1.37. The second kappa shape index (κ2) is 3.68. The zero-order valence-corrected chi connectivity index (χ0v) is 9.46. The van der Waals surface area contributed by atoms with Crippen LogP contribution in [0.1, 0.15) is 17.7 Å². The lowest BCUT2D eigenvalue weighted by atomic mass is 10.2. The standard InChI is InChI=1S/C11H15N3S/c12-9-3-4-14(5-9)11-2-1-8-6-15-7-10(8)13-11/h1-2,9H,3-7,12H2. The van der Waals surface area contributed by atoms with E-state index in [4.69, 9.17) is 10.7 Å². The zero-order chi connectivity index (χ0) is 10.3. The topological polar surface area (TPSA) is 42.1 Å². The van der Waals surface area contributed by atoms with Crippen LogP contribution in [0.5, 0.6) is 0 Å². The molecule has 80 valence electrons. The molecule has 1 aromatic rings. The number of hydrogen-bond donors (Lipinski definition) is 1. The first-order valence-corrected chi connectivity index (χ1v) is 6.55. The quantitative estimate of drug-likeness (QED) is 0.777. The first-order chi connectivity index (χ1) is 7.33. The van der Waals surface area contributed by atoms with E-state index in [0.717, 1.165) is 36.8 Å². The van der Waals surface area contributed by atoms with Gasteiger partial charge in [-0.25, -0.2) is 4.98 Å². The fourth-order valence-electron chi connectivity index (χ4n) is 2.20. The van der Waals surface area contributed by atoms with Gasteiger partial charge in [0.25, 0.3) is 0 Å². The summed E-state index contributed by atoms with van der Waals surface area (Å²) in [7, 11) is 0. The molecule has 1 atom stereocenters. The minimum Gasteiger partial charge on any atom is -0.355 e. The van der Waals surface area contributed by atoms with E-state index in [1.165, 1.54) is 11.3 Å². The number of hydrogen-bond acceptors (Lipinski definition) is 4. The number of nitrogens with two attached hydrogens (primary N) is 1. The number of aromatic nitrogens is 1. The van der Waals surface area contributed by atoms with Crippen molar-refractivity contribution in [2.24, 2.45) is 5.73 Å². The SMILES string of the molecule is NC1CCN(c2ccc3c(n2)CSC3)C1. The first kappa shape index (κ1) is 9.48. The molecule has 0 aliphatic carbocycles. The largest absolute Gasteiger partial charge is 0.355 e. The van der Waals surface area contributed by atoms with E-state index in [1.54, 1.807) is 0 Å². The third kappa shape index (κ3) is 1.72. The number of pyridine rings is 1. The number of thioether (sulfide) groups is 1. The molecule has 0 bridgehead atoms. The predicted molar refractivity (Wildman–Crippen MR) is 64.0 cm³/mol. The second-order valence-electron chi connectivity index (χ2n) is 4.26. The molecular formula is C11H15N3S. The molecule has 1 aromatic heterocycles. The highest BCUT2D eigenvalue weighted by molar-refractivity contribution is 7.98. The molecule has 2 N–H and O–H groups in total. The Labute approximate surface area is 94.1 Å². The molecule has 4 heteroatoms. The maximum atomic E-state index is 5.90. The molecule has 0 amide bonds. The fourth-order valence-corrected chi connectivity index (χ4v) is 3.23. The summed E-state index contributed by atoms with van der Waals surface area (Å²) in [6.45, 7) is 2.01. The first-order valence-electron chi connectivity index (χ1n) is 5.40. The van der Waals surface area contributed by atoms with E-state index >= 15 is 0 Å². The third-order valence-corrected chi connectivity index (χ3v) is 4.09. The Morgan fingerprint density at radius 2 is 2.33 bits per heavy atom. The maximum absolute atomic E-state index is 5.90. The molecule has 0 aromatic carbocycles. The van der Waals surface area contributed by atoms with E-state index in [9.17, 15) is 0 Å². The highest BCUT2D eigenvalue weighted by Crippen LogP contribution is 2.30. The van der Waals surface area contributed by atoms with Crippen LogP contribution in [0.3, 0.4) is 0 Å². The van der Waals surface area contributed by atoms with Crippen molar-refractivity contribution in [3.63, 3.8) is 0 Å². The van der Waals surface area contributed by atoms with E-state index in [1.807, 2.05) is 11.8 Å². The Hall–Kier alpha value is -0.740. The van der Waals surface area contributed by atoms with E-state index in [0.29, 0.717) is 6.04 Å². The summed E-state index contributed by atoms with van der Waals surface area (Å²) in [5.41, 5.74) is 8.59. The van der Waals surface area contributed by atoms with Gasteiger partial charge in [-0.1, -0.05) is 6.07 Å². The summed E-state index contributed by atoms with van der Waals surface area (Å²) in [6, 6.07) is 4.69. The van der Waals surface area contributed by atoms with E-state index < -0.39 is 0 Å². The van der Waals surface area contributed by atoms with Crippen LogP contribution in [0.4, 0.5) is 5.82 Å². The van der Waals surface area contributed by atoms with Crippen molar-refractivity contribution in [3.05, 3.63) is 23.4 Å². The van der Waals surface area contributed by atoms with Crippen molar-refractivity contribution in [1.29, 1.82) is 0 Å². The van der Waals surface area contributed by atoms with Crippen LogP contribution in [-0.2, 0) is 11.5 Å². The molecular weight excluding hydrogens is 206 g/mol. The molecule has 1 saturated heterocycles. The van der Waals surface area contributed by atoms with Gasteiger partial charge >= 0.3 is 0 Å². The smallest absolute Gasteiger partial charge is 0.128 e. The van der Waals surface area contributed by atoms with Gasteiger partial charge in [0.2, 0.25) is 0 Å². The Kier molecular flexibility index (Phi) is 2.33. The molecule has 2 aliphatic rings. The van der Waals surface area contributed by atoms with Gasteiger partial charge in [0.1, 0.15) is 5.82 Å². The number of fused-ring (bicyclic) bond motifs is 1. The van der Waals surface area contributed by atoms with Gasteiger partial charge in [-0.2, -0.15) is 11.8 Å². The van der Waals surface area contributed by atoms with Crippen molar-refractivity contribution in [3.8, 4) is 0 Å². The molecule has 1 unspecified atom stereocenters. The van der Waals surface area contributed by atoms with Crippen LogP contribution < -0.4 is 10.6 Å². The Balaban J connectivity index is 1.87. The Morgan fingerprint density at radius 1 is 1.40 bits per heavy atom. The van der Waals surface area contributed by atoms with Crippen molar-refractivity contribution in [2.75, 3.05) is 18.0 Å². The molecule has 15 heavy (non-hydrogen) atoms. The van der Waals surface area contributed by atoms with Crippen LogP contribution in [0.25, 0.3) is 0 Å². The molecule has 0 spiro atoms. The monoisotopic (exact) mass is 221 g/mol. The summed E-state index contributed by atoms with van der Waals surface area (Å²) in [6.07, 6.45) is 1.09. The van der Waals surface area contributed by atoms with Crippen LogP contribution in [0.15, 0.2) is 12.1 Å². The van der Waals surface area contributed by atoms with Crippen LogP contribution in [0.2, 0.25) is 0 Å². The molecule has 2 aliphatic heterocycles. The summed E-state index contributed by atoms with van der Waals surface area (Å²) in [4.78, 5) is 7.02. The summed E-state index contributed by atoms with van der Waals surface area (Å²) < 4.78 is 0. The highest BCUT2D eigenvalue weighted by atomic mass is 32.2. The van der Waals surface area contributed by atoms with Gasteiger partial charge in [0, 0.05) is 30.6 Å². The van der Waals surface area contributed by atoms with Gasteiger partial charge in [0.15, 0.2) is 0 Å². The lowest BCUT2D eigenvalue weighted by Gasteiger charge is -2.17. The van der Waals surface area contributed by atoms with Gasteiger partial charge < -0.3 is 10.6 Å². The van der Waals surface area contributed by atoms with Crippen LogP contribution in [0, 0.1) is 0 Å². The molecule has 0 saturated carbocycles. The minimum atomic E-state index is 0.328. The van der Waals surface area contributed by atoms with Crippen molar-refractivity contribution in [2.45, 2.75) is 24.0 Å². The molecule has 3 nitrogen and oxygen atoms in total. The zero-order valence-electron chi connectivity index (χ0n) is 8.65. The van der Waals surface area contributed by atoms with Gasteiger partial charge in [-0.05, 0) is 18.1 Å². The lowest BCUT2D eigenvalue weighted by Crippen LogP contribution is -2.27. The normalized spacial score (nSPS) is 24.6. The average Bonchev–Trinajstić information content (AvgIpc) is 2.84. The van der Waals surface area contributed by atoms with Gasteiger partial charge in [0.05, 0.1) is 5.69 Å². The van der Waals surface area contributed by atoms with Crippen molar-refractivity contribution in [1.82, 2.24) is 4.98 Å². The molecule has 3 heterocycles. The Morgan fingerprint density at radius 3 is 3.13 bits per heavy atom. The summed E-state index contributed by atoms with van der Waals surface area (Å²) in [5, 5.41) is 0. The number of nitrogens with zero attached hydrogens (tertiary/aromatic N) is 2. The lowest BCUT2D eigenvalue weighted by molar-refractivity contribution is 0.751. The molecule has 0 radical (unpaired) electrons. The average molecular weight is 221 g/mol. The molecule has 1 fully saturated rings. The summed E-state index contributed by atoms with van der Waals surface area (Å²) >= 11 is 1.95. The van der Waals surface area contributed by atoms with Crippen LogP contribution >= 0.6 is 11.8 Å². The number of rotatable bonds is 1. The van der Waals surface area contributed by atoms with E-state index in [-0.39, 0.29) is 0 Å². The highest BCUT2D eigenvalue weighted by Gasteiger charge is 2.21. The fraction of sp³-hybridized carbons (Fsp3) is 0.545. The van der Waals surface area contributed by atoms with Crippen molar-refractivity contribution < 1.29 is 0 Å². The Bertz CT molecular complexity index is 380. The van der Waals surface area contributed by atoms with Crippen LogP contribution in [-0.4, -0.2) is 24.1 Å². The second-order valence-corrected chi connectivity index (χ2v) is 5.25. The van der Waals surface area contributed by atoms with Gasteiger partial charge in [-0.15, -0.1) is 0 Å². The summed E-state index contributed by atoms with van der Waals surface area (Å²) in [5.74, 6) is 3.31.